The minimum atomic E-state index is -0.273. The van der Waals surface area contributed by atoms with E-state index < -0.39 is 0 Å². The van der Waals surface area contributed by atoms with E-state index in [0.717, 1.165) is 24.0 Å². The second-order valence-electron chi connectivity index (χ2n) is 5.39. The highest BCUT2D eigenvalue weighted by Crippen LogP contribution is 2.28. The lowest BCUT2D eigenvalue weighted by Crippen LogP contribution is -2.13. The van der Waals surface area contributed by atoms with Gasteiger partial charge >= 0.3 is 0 Å². The van der Waals surface area contributed by atoms with E-state index >= 15 is 0 Å². The summed E-state index contributed by atoms with van der Waals surface area (Å²) in [4.78, 5) is 0. The molecule has 0 aromatic heterocycles. The van der Waals surface area contributed by atoms with Crippen LogP contribution in [0.15, 0.2) is 40.9 Å². The summed E-state index contributed by atoms with van der Waals surface area (Å²) in [6, 6.07) is 11.3. The number of halogens is 2. The molecule has 0 aliphatic heterocycles. The lowest BCUT2D eigenvalue weighted by atomic mass is 9.88. The molecule has 0 spiro atoms. The van der Waals surface area contributed by atoms with Crippen LogP contribution in [-0.2, 0) is 12.8 Å². The fraction of sp³-hybridized carbons (Fsp3) is 0.294. The summed E-state index contributed by atoms with van der Waals surface area (Å²) in [5, 5.41) is 0. The Labute approximate surface area is 127 Å². The molecule has 20 heavy (non-hydrogen) atoms. The van der Waals surface area contributed by atoms with Crippen molar-refractivity contribution < 1.29 is 4.39 Å². The standard InChI is InChI=1S/C17H17BrFN/c18-15-8-7-14(10-16(15)19)17(20)13-6-5-11-3-1-2-4-12(11)9-13/h5-10,17H,1-4,20H2. The molecule has 1 aliphatic carbocycles. The van der Waals surface area contributed by atoms with E-state index in [-0.39, 0.29) is 11.9 Å². The number of fused-ring (bicyclic) bond motifs is 1. The van der Waals surface area contributed by atoms with Crippen molar-refractivity contribution in [3.63, 3.8) is 0 Å². The van der Waals surface area contributed by atoms with Gasteiger partial charge in [-0.25, -0.2) is 4.39 Å². The maximum absolute atomic E-state index is 13.6. The molecule has 2 aromatic carbocycles. The molecular formula is C17H17BrFN. The van der Waals surface area contributed by atoms with Crippen molar-refractivity contribution in [2.75, 3.05) is 0 Å². The molecule has 0 fully saturated rings. The largest absolute Gasteiger partial charge is 0.320 e. The molecule has 0 saturated carbocycles. The number of nitrogens with two attached hydrogens (primary N) is 1. The topological polar surface area (TPSA) is 26.0 Å². The van der Waals surface area contributed by atoms with Gasteiger partial charge in [-0.3, -0.25) is 0 Å². The monoisotopic (exact) mass is 333 g/mol. The number of aryl methyl sites for hydroxylation is 2. The average Bonchev–Trinajstić information content (AvgIpc) is 2.49. The van der Waals surface area contributed by atoms with Gasteiger partial charge in [-0.15, -0.1) is 0 Å². The van der Waals surface area contributed by atoms with Crippen molar-refractivity contribution in [2.24, 2.45) is 5.73 Å². The van der Waals surface area contributed by atoms with Crippen molar-refractivity contribution in [3.8, 4) is 0 Å². The highest BCUT2D eigenvalue weighted by molar-refractivity contribution is 9.10. The SMILES string of the molecule is NC(c1ccc(Br)c(F)c1)c1ccc2c(c1)CCCC2. The highest BCUT2D eigenvalue weighted by atomic mass is 79.9. The Hall–Kier alpha value is -1.19. The Morgan fingerprint density at radius 3 is 2.35 bits per heavy atom. The summed E-state index contributed by atoms with van der Waals surface area (Å²) >= 11 is 3.17. The van der Waals surface area contributed by atoms with Crippen molar-refractivity contribution >= 4 is 15.9 Å². The van der Waals surface area contributed by atoms with Gasteiger partial charge in [0.15, 0.2) is 0 Å². The molecular weight excluding hydrogens is 317 g/mol. The fourth-order valence-corrected chi connectivity index (χ4v) is 3.09. The Balaban J connectivity index is 1.93. The fourth-order valence-electron chi connectivity index (χ4n) is 2.85. The molecule has 1 aliphatic rings. The smallest absolute Gasteiger partial charge is 0.137 e. The van der Waals surface area contributed by atoms with Gasteiger partial charge in [-0.05, 0) is 76.0 Å². The summed E-state index contributed by atoms with van der Waals surface area (Å²) < 4.78 is 14.1. The zero-order chi connectivity index (χ0) is 14.1. The molecule has 0 heterocycles. The Morgan fingerprint density at radius 2 is 1.60 bits per heavy atom. The van der Waals surface area contributed by atoms with Gasteiger partial charge in [0, 0.05) is 0 Å². The summed E-state index contributed by atoms with van der Waals surface area (Å²) in [6.07, 6.45) is 4.82. The molecule has 0 amide bonds. The van der Waals surface area contributed by atoms with Gasteiger partial charge in [0.2, 0.25) is 0 Å². The van der Waals surface area contributed by atoms with Crippen LogP contribution in [0.5, 0.6) is 0 Å². The van der Waals surface area contributed by atoms with Gasteiger partial charge in [0.1, 0.15) is 5.82 Å². The van der Waals surface area contributed by atoms with Crippen molar-refractivity contribution in [3.05, 3.63) is 68.9 Å². The first-order valence-corrected chi connectivity index (χ1v) is 7.76. The molecule has 1 unspecified atom stereocenters. The summed E-state index contributed by atoms with van der Waals surface area (Å²) in [7, 11) is 0. The van der Waals surface area contributed by atoms with E-state index in [1.807, 2.05) is 6.07 Å². The van der Waals surface area contributed by atoms with Crippen molar-refractivity contribution in [2.45, 2.75) is 31.7 Å². The summed E-state index contributed by atoms with van der Waals surface area (Å²) in [5.74, 6) is -0.268. The molecule has 0 bridgehead atoms. The third-order valence-corrected chi connectivity index (χ3v) is 4.68. The number of benzene rings is 2. The second-order valence-corrected chi connectivity index (χ2v) is 6.24. The van der Waals surface area contributed by atoms with Crippen molar-refractivity contribution in [1.29, 1.82) is 0 Å². The molecule has 3 heteroatoms. The van der Waals surface area contributed by atoms with Crippen LogP contribution < -0.4 is 5.73 Å². The number of hydrogen-bond acceptors (Lipinski definition) is 1. The van der Waals surface area contributed by atoms with Gasteiger partial charge < -0.3 is 5.73 Å². The van der Waals surface area contributed by atoms with Crippen LogP contribution in [0.1, 0.15) is 41.1 Å². The lowest BCUT2D eigenvalue weighted by molar-refractivity contribution is 0.617. The number of hydrogen-bond donors (Lipinski definition) is 1. The molecule has 3 rings (SSSR count). The molecule has 104 valence electrons. The first-order valence-electron chi connectivity index (χ1n) is 6.97. The third-order valence-electron chi connectivity index (χ3n) is 4.03. The van der Waals surface area contributed by atoms with Crippen LogP contribution in [0, 0.1) is 5.82 Å². The molecule has 0 radical (unpaired) electrons. The quantitative estimate of drug-likeness (QED) is 0.859. The van der Waals surface area contributed by atoms with E-state index in [2.05, 4.69) is 34.1 Å². The van der Waals surface area contributed by atoms with Crippen LogP contribution in [0.3, 0.4) is 0 Å². The maximum Gasteiger partial charge on any atom is 0.137 e. The van der Waals surface area contributed by atoms with Gasteiger partial charge in [-0.2, -0.15) is 0 Å². The Morgan fingerprint density at radius 1 is 0.950 bits per heavy atom. The lowest BCUT2D eigenvalue weighted by Gasteiger charge is -2.19. The highest BCUT2D eigenvalue weighted by Gasteiger charge is 2.15. The molecule has 0 saturated heterocycles. The predicted molar refractivity (Wildman–Crippen MR) is 83.2 cm³/mol. The Kier molecular flexibility index (Phi) is 3.90. The maximum atomic E-state index is 13.6. The van der Waals surface area contributed by atoms with Crippen LogP contribution >= 0.6 is 15.9 Å². The minimum Gasteiger partial charge on any atom is -0.320 e. The summed E-state index contributed by atoms with van der Waals surface area (Å²) in [6.45, 7) is 0. The van der Waals surface area contributed by atoms with Gasteiger partial charge in [0.05, 0.1) is 10.5 Å². The van der Waals surface area contributed by atoms with Crippen LogP contribution in [0.25, 0.3) is 0 Å². The van der Waals surface area contributed by atoms with Gasteiger partial charge in [-0.1, -0.05) is 24.3 Å². The zero-order valence-corrected chi connectivity index (χ0v) is 12.8. The van der Waals surface area contributed by atoms with E-state index in [0.29, 0.717) is 4.47 Å². The van der Waals surface area contributed by atoms with Crippen LogP contribution in [0.4, 0.5) is 4.39 Å². The second kappa shape index (κ2) is 5.66. The van der Waals surface area contributed by atoms with Crippen molar-refractivity contribution in [1.82, 2.24) is 0 Å². The minimum absolute atomic E-state index is 0.268. The number of rotatable bonds is 2. The average molecular weight is 334 g/mol. The molecule has 2 N–H and O–H groups in total. The molecule has 1 nitrogen and oxygen atoms in total. The first kappa shape index (κ1) is 13.8. The van der Waals surface area contributed by atoms with Crippen LogP contribution in [0.2, 0.25) is 0 Å². The zero-order valence-electron chi connectivity index (χ0n) is 11.2. The van der Waals surface area contributed by atoms with Gasteiger partial charge in [0.25, 0.3) is 0 Å². The summed E-state index contributed by atoms with van der Waals surface area (Å²) in [5.41, 5.74) is 11.0. The van der Waals surface area contributed by atoms with E-state index in [4.69, 9.17) is 5.73 Å². The van der Waals surface area contributed by atoms with Crippen LogP contribution in [-0.4, -0.2) is 0 Å². The van der Waals surface area contributed by atoms with E-state index in [1.165, 1.54) is 30.0 Å². The molecule has 2 aromatic rings. The third kappa shape index (κ3) is 2.65. The normalized spacial score (nSPS) is 15.8. The first-order chi connectivity index (χ1) is 9.65. The van der Waals surface area contributed by atoms with E-state index in [9.17, 15) is 4.39 Å². The molecule has 1 atom stereocenters. The predicted octanol–water partition coefficient (Wildman–Crippen LogP) is 4.52. The Bertz CT molecular complexity index is 639. The van der Waals surface area contributed by atoms with E-state index in [1.54, 1.807) is 6.07 Å².